The second-order valence-electron chi connectivity index (χ2n) is 10.9. The average Bonchev–Trinajstić information content (AvgIpc) is 3.59. The lowest BCUT2D eigenvalue weighted by Crippen LogP contribution is -2.39. The number of hydrogen-bond acceptors (Lipinski definition) is 6. The minimum Gasteiger partial charge on any atom is -0.391 e. The van der Waals surface area contributed by atoms with Gasteiger partial charge in [0, 0.05) is 24.4 Å². The van der Waals surface area contributed by atoms with Gasteiger partial charge in [0.2, 0.25) is 5.78 Å². The fourth-order valence-corrected chi connectivity index (χ4v) is 6.47. The van der Waals surface area contributed by atoms with Gasteiger partial charge >= 0.3 is 0 Å². The lowest BCUT2D eigenvalue weighted by molar-refractivity contribution is -0.0345. The van der Waals surface area contributed by atoms with Gasteiger partial charge in [-0.15, -0.1) is 0 Å². The number of aliphatic hydroxyl groups excluding tert-OH is 1. The van der Waals surface area contributed by atoms with E-state index in [1.165, 1.54) is 6.33 Å². The zero-order valence-electron chi connectivity index (χ0n) is 22.2. The van der Waals surface area contributed by atoms with Gasteiger partial charge in [-0.25, -0.2) is 4.52 Å². The highest BCUT2D eigenvalue weighted by atomic mass is 16.5. The summed E-state index contributed by atoms with van der Waals surface area (Å²) in [6.07, 6.45) is 7.17. The molecule has 0 bridgehead atoms. The average molecular weight is 524 g/mol. The zero-order valence-corrected chi connectivity index (χ0v) is 22.2. The van der Waals surface area contributed by atoms with Gasteiger partial charge in [0.1, 0.15) is 6.33 Å². The lowest BCUT2D eigenvalue weighted by Gasteiger charge is -2.37. The van der Waals surface area contributed by atoms with Crippen LogP contribution in [0.1, 0.15) is 73.9 Å². The van der Waals surface area contributed by atoms with Crippen molar-refractivity contribution in [2.24, 2.45) is 0 Å². The molecule has 2 aromatic heterocycles. The zero-order chi connectivity index (χ0) is 27.0. The third-order valence-electron chi connectivity index (χ3n) is 8.43. The van der Waals surface area contributed by atoms with Gasteiger partial charge in [-0.05, 0) is 54.9 Å². The highest BCUT2D eigenvalue weighted by Gasteiger charge is 2.43. The van der Waals surface area contributed by atoms with E-state index in [0.29, 0.717) is 30.8 Å². The van der Waals surface area contributed by atoms with Crippen LogP contribution in [0.25, 0.3) is 16.9 Å². The summed E-state index contributed by atoms with van der Waals surface area (Å²) in [5.41, 5.74) is 4.97. The Hall–Kier alpha value is -3.80. The first-order valence-corrected chi connectivity index (χ1v) is 13.9. The molecular weight excluding hydrogens is 490 g/mol. The van der Waals surface area contributed by atoms with E-state index in [0.717, 1.165) is 66.5 Å². The number of ether oxygens (including phenoxy) is 1. The van der Waals surface area contributed by atoms with Crippen LogP contribution in [0.5, 0.6) is 0 Å². The molecule has 0 amide bonds. The van der Waals surface area contributed by atoms with Crippen LogP contribution in [0, 0.1) is 11.3 Å². The SMILES string of the molecule is CCCc1c(Cc2ccc(-c3ccccc3C#N)cc2)c(=O)n([C@H]2CC[C@]3(CC2)CC(O)CO3)c2ncnn12. The monoisotopic (exact) mass is 523 g/mol. The molecule has 6 rings (SSSR count). The molecule has 8 heteroatoms. The maximum atomic E-state index is 14.2. The molecular formula is C31H33N5O3. The molecule has 4 aromatic rings. The van der Waals surface area contributed by atoms with E-state index in [-0.39, 0.29) is 17.2 Å². The molecule has 1 aliphatic heterocycles. The quantitative estimate of drug-likeness (QED) is 0.396. The van der Waals surface area contributed by atoms with Crippen molar-refractivity contribution in [3.05, 3.63) is 87.6 Å². The van der Waals surface area contributed by atoms with Crippen molar-refractivity contribution in [3.8, 4) is 17.2 Å². The Balaban J connectivity index is 1.35. The number of aromatic nitrogens is 4. The first kappa shape index (κ1) is 25.5. The number of rotatable bonds is 6. The Labute approximate surface area is 227 Å². The van der Waals surface area contributed by atoms with Crippen LogP contribution >= 0.6 is 0 Å². The summed E-state index contributed by atoms with van der Waals surface area (Å²) in [5, 5.41) is 24.1. The predicted molar refractivity (Wildman–Crippen MR) is 147 cm³/mol. The van der Waals surface area contributed by atoms with Crippen LogP contribution in [-0.4, -0.2) is 42.6 Å². The number of hydrogen-bond donors (Lipinski definition) is 1. The summed E-state index contributed by atoms with van der Waals surface area (Å²) in [4.78, 5) is 18.7. The maximum absolute atomic E-state index is 14.2. The number of nitriles is 1. The predicted octanol–water partition coefficient (Wildman–Crippen LogP) is 4.61. The Morgan fingerprint density at radius 1 is 1.15 bits per heavy atom. The smallest absolute Gasteiger partial charge is 0.259 e. The molecule has 1 aliphatic carbocycles. The molecule has 2 aromatic carbocycles. The maximum Gasteiger partial charge on any atom is 0.259 e. The summed E-state index contributed by atoms with van der Waals surface area (Å²) < 4.78 is 9.72. The van der Waals surface area contributed by atoms with Crippen LogP contribution in [0.15, 0.2) is 59.7 Å². The van der Waals surface area contributed by atoms with Gasteiger partial charge in [0.25, 0.3) is 5.56 Å². The number of nitrogens with zero attached hydrogens (tertiary/aromatic N) is 5. The van der Waals surface area contributed by atoms with Crippen LogP contribution in [0.2, 0.25) is 0 Å². The van der Waals surface area contributed by atoms with Gasteiger partial charge in [0.05, 0.1) is 35.6 Å². The van der Waals surface area contributed by atoms with E-state index in [1.807, 2.05) is 57.6 Å². The van der Waals surface area contributed by atoms with Crippen molar-refractivity contribution in [3.63, 3.8) is 0 Å². The summed E-state index contributed by atoms with van der Waals surface area (Å²) in [6, 6.07) is 18.0. The third kappa shape index (κ3) is 4.66. The molecule has 1 saturated carbocycles. The van der Waals surface area contributed by atoms with Crippen LogP contribution in [0.4, 0.5) is 0 Å². The second-order valence-corrected chi connectivity index (χ2v) is 10.9. The van der Waals surface area contributed by atoms with Crippen molar-refractivity contribution >= 4 is 5.78 Å². The third-order valence-corrected chi connectivity index (χ3v) is 8.43. The van der Waals surface area contributed by atoms with E-state index in [4.69, 9.17) is 4.74 Å². The van der Waals surface area contributed by atoms with Crippen molar-refractivity contribution in [1.29, 1.82) is 5.26 Å². The normalized spacial score (nSPS) is 22.9. The molecule has 1 atom stereocenters. The molecule has 1 N–H and O–H groups in total. The molecule has 8 nitrogen and oxygen atoms in total. The Bertz CT molecular complexity index is 1590. The van der Waals surface area contributed by atoms with Crippen molar-refractivity contribution < 1.29 is 9.84 Å². The van der Waals surface area contributed by atoms with Crippen molar-refractivity contribution in [2.45, 2.75) is 76.0 Å². The van der Waals surface area contributed by atoms with Crippen LogP contribution in [-0.2, 0) is 17.6 Å². The first-order valence-electron chi connectivity index (χ1n) is 13.9. The molecule has 1 saturated heterocycles. The summed E-state index contributed by atoms with van der Waals surface area (Å²) in [5.74, 6) is 0.601. The topological polar surface area (TPSA) is 105 Å². The van der Waals surface area contributed by atoms with Gasteiger partial charge < -0.3 is 9.84 Å². The lowest BCUT2D eigenvalue weighted by atomic mass is 9.80. The molecule has 0 radical (unpaired) electrons. The molecule has 1 spiro atoms. The molecule has 200 valence electrons. The first-order chi connectivity index (χ1) is 19.0. The van der Waals surface area contributed by atoms with Gasteiger partial charge in [0.15, 0.2) is 0 Å². The fourth-order valence-electron chi connectivity index (χ4n) is 6.47. The number of benzene rings is 2. The molecule has 3 heterocycles. The van der Waals surface area contributed by atoms with Crippen LogP contribution in [0.3, 0.4) is 0 Å². The summed E-state index contributed by atoms with van der Waals surface area (Å²) in [7, 11) is 0. The fraction of sp³-hybridized carbons (Fsp3) is 0.419. The minimum absolute atomic E-state index is 0.00572. The standard InChI is InChI=1S/C31H33N5O3/c1-2-5-28-27(16-21-8-10-22(11-9-21)26-7-4-3-6-23(26)18-32)29(38)35(30-33-20-34-36(28)30)24-12-14-31(15-13-24)17-25(37)19-39-31/h3-4,6-11,20,24-25,37H,2,5,12-17,19H2,1H3/t24-,25?,31-. The Morgan fingerprint density at radius 3 is 2.62 bits per heavy atom. The Kier molecular flexibility index (Phi) is 6.79. The van der Waals surface area contributed by atoms with E-state index in [2.05, 4.69) is 23.1 Å². The summed E-state index contributed by atoms with van der Waals surface area (Å²) in [6.45, 7) is 2.51. The minimum atomic E-state index is -0.396. The van der Waals surface area contributed by atoms with Gasteiger partial charge in [-0.2, -0.15) is 15.3 Å². The summed E-state index contributed by atoms with van der Waals surface area (Å²) >= 11 is 0. The highest BCUT2D eigenvalue weighted by molar-refractivity contribution is 5.70. The van der Waals surface area contributed by atoms with E-state index in [1.54, 1.807) is 0 Å². The number of aliphatic hydroxyl groups is 1. The highest BCUT2D eigenvalue weighted by Crippen LogP contribution is 2.43. The number of aryl methyl sites for hydroxylation is 1. The molecule has 39 heavy (non-hydrogen) atoms. The van der Waals surface area contributed by atoms with Crippen molar-refractivity contribution in [2.75, 3.05) is 6.61 Å². The molecule has 2 aliphatic rings. The van der Waals surface area contributed by atoms with Crippen LogP contribution < -0.4 is 5.56 Å². The van der Waals surface area contributed by atoms with Crippen molar-refractivity contribution in [1.82, 2.24) is 19.2 Å². The van der Waals surface area contributed by atoms with E-state index >= 15 is 0 Å². The molecule has 1 unspecified atom stereocenters. The van der Waals surface area contributed by atoms with E-state index < -0.39 is 6.10 Å². The van der Waals surface area contributed by atoms with E-state index in [9.17, 15) is 15.2 Å². The molecule has 2 fully saturated rings. The van der Waals surface area contributed by atoms with Gasteiger partial charge in [-0.1, -0.05) is 55.8 Å². The second kappa shape index (κ2) is 10.4. The largest absolute Gasteiger partial charge is 0.391 e. The number of fused-ring (bicyclic) bond motifs is 1. The van der Waals surface area contributed by atoms with Gasteiger partial charge in [-0.3, -0.25) is 9.36 Å². The Morgan fingerprint density at radius 2 is 1.92 bits per heavy atom.